The van der Waals surface area contributed by atoms with Crippen molar-refractivity contribution in [2.75, 3.05) is 7.11 Å². The molecule has 0 saturated heterocycles. The van der Waals surface area contributed by atoms with E-state index in [0.717, 1.165) is 11.3 Å². The molecule has 0 saturated carbocycles. The van der Waals surface area contributed by atoms with Crippen LogP contribution in [-0.4, -0.2) is 23.2 Å². The quantitative estimate of drug-likeness (QED) is 0.886. The molecule has 6 heteroatoms. The van der Waals surface area contributed by atoms with Crippen LogP contribution in [0.4, 0.5) is 0 Å². The lowest BCUT2D eigenvalue weighted by atomic mass is 9.97. The largest absolute Gasteiger partial charge is 0.497 e. The number of aromatic nitrogens is 2. The fourth-order valence-electron chi connectivity index (χ4n) is 2.42. The third-order valence-corrected chi connectivity index (χ3v) is 3.66. The molecule has 0 unspecified atom stereocenters. The van der Waals surface area contributed by atoms with Gasteiger partial charge in [0.05, 0.1) is 12.6 Å². The minimum atomic E-state index is -0.660. The normalized spacial score (nSPS) is 12.7. The molecule has 2 rings (SSSR count). The third-order valence-electron chi connectivity index (χ3n) is 3.66. The number of carbonyl (C=O) groups is 1. The Hall–Kier alpha value is -2.37. The summed E-state index contributed by atoms with van der Waals surface area (Å²) in [6.45, 7) is 7.24. The van der Waals surface area contributed by atoms with Gasteiger partial charge in [-0.05, 0) is 37.5 Å². The smallest absolute Gasteiger partial charge is 0.227 e. The third kappa shape index (κ3) is 4.31. The Labute approximate surface area is 136 Å². The van der Waals surface area contributed by atoms with Crippen molar-refractivity contribution in [2.45, 2.75) is 45.6 Å². The van der Waals surface area contributed by atoms with E-state index in [1.54, 1.807) is 7.11 Å². The topological polar surface area (TPSA) is 77.2 Å². The van der Waals surface area contributed by atoms with Crippen molar-refractivity contribution >= 4 is 5.91 Å². The fourth-order valence-corrected chi connectivity index (χ4v) is 2.42. The number of carbonyl (C=O) groups excluding carboxylic acids is 1. The first-order valence-corrected chi connectivity index (χ1v) is 7.57. The average molecular weight is 317 g/mol. The van der Waals surface area contributed by atoms with Gasteiger partial charge < -0.3 is 14.6 Å². The molecular weight excluding hydrogens is 294 g/mol. The summed E-state index contributed by atoms with van der Waals surface area (Å²) < 4.78 is 10.6. The van der Waals surface area contributed by atoms with Gasteiger partial charge in [0.1, 0.15) is 5.75 Å². The molecule has 1 amide bonds. The van der Waals surface area contributed by atoms with Crippen LogP contribution in [0.1, 0.15) is 50.9 Å². The van der Waals surface area contributed by atoms with E-state index in [1.807, 2.05) is 38.1 Å². The van der Waals surface area contributed by atoms with Crippen molar-refractivity contribution < 1.29 is 14.1 Å². The van der Waals surface area contributed by atoms with Gasteiger partial charge in [0, 0.05) is 13.3 Å². The summed E-state index contributed by atoms with van der Waals surface area (Å²) >= 11 is 0. The van der Waals surface area contributed by atoms with Gasteiger partial charge >= 0.3 is 0 Å². The van der Waals surface area contributed by atoms with E-state index in [2.05, 4.69) is 22.4 Å². The first kappa shape index (κ1) is 17.0. The zero-order valence-electron chi connectivity index (χ0n) is 14.2. The van der Waals surface area contributed by atoms with Crippen LogP contribution in [0.15, 0.2) is 28.8 Å². The number of methoxy groups -OCH3 is 1. The van der Waals surface area contributed by atoms with E-state index >= 15 is 0 Å². The van der Waals surface area contributed by atoms with Gasteiger partial charge in [0.2, 0.25) is 11.8 Å². The maximum absolute atomic E-state index is 11.3. The van der Waals surface area contributed by atoms with Crippen molar-refractivity contribution in [2.24, 2.45) is 0 Å². The summed E-state index contributed by atoms with van der Waals surface area (Å²) in [6.07, 6.45) is 0.621. The van der Waals surface area contributed by atoms with E-state index in [-0.39, 0.29) is 11.8 Å². The maximum Gasteiger partial charge on any atom is 0.227 e. The maximum atomic E-state index is 11.3. The van der Waals surface area contributed by atoms with Gasteiger partial charge in [0.25, 0.3) is 0 Å². The van der Waals surface area contributed by atoms with Crippen molar-refractivity contribution in [1.29, 1.82) is 0 Å². The number of benzene rings is 1. The molecule has 1 N–H and O–H groups in total. The van der Waals surface area contributed by atoms with Gasteiger partial charge in [-0.2, -0.15) is 4.98 Å². The van der Waals surface area contributed by atoms with Crippen LogP contribution in [0, 0.1) is 0 Å². The second kappa shape index (κ2) is 6.81. The van der Waals surface area contributed by atoms with Gasteiger partial charge in [-0.25, -0.2) is 0 Å². The number of hydrogen-bond donors (Lipinski definition) is 1. The fraction of sp³-hybridized carbons (Fsp3) is 0.471. The number of nitrogens with one attached hydrogen (secondary N) is 1. The van der Waals surface area contributed by atoms with Gasteiger partial charge in [-0.1, -0.05) is 24.2 Å². The Morgan fingerprint density at radius 2 is 2.17 bits per heavy atom. The lowest BCUT2D eigenvalue weighted by Gasteiger charge is -2.20. The molecule has 6 nitrogen and oxygen atoms in total. The van der Waals surface area contributed by atoms with Crippen LogP contribution in [0.25, 0.3) is 0 Å². The molecule has 124 valence electrons. The molecule has 0 spiro atoms. The number of nitrogens with zero attached hydrogens (tertiary/aromatic N) is 2. The van der Waals surface area contributed by atoms with Crippen LogP contribution < -0.4 is 10.1 Å². The van der Waals surface area contributed by atoms with E-state index < -0.39 is 5.54 Å². The zero-order valence-corrected chi connectivity index (χ0v) is 14.2. The summed E-state index contributed by atoms with van der Waals surface area (Å²) in [5.74, 6) is 1.93. The van der Waals surface area contributed by atoms with E-state index in [4.69, 9.17) is 9.26 Å². The molecule has 0 aliphatic heterocycles. The van der Waals surface area contributed by atoms with Crippen LogP contribution >= 0.6 is 0 Å². The second-order valence-corrected chi connectivity index (χ2v) is 6.20. The Balaban J connectivity index is 2.10. The molecule has 23 heavy (non-hydrogen) atoms. The monoisotopic (exact) mass is 317 g/mol. The predicted octanol–water partition coefficient (Wildman–Crippen LogP) is 2.80. The Morgan fingerprint density at radius 1 is 1.43 bits per heavy atom. The highest BCUT2D eigenvalue weighted by Crippen LogP contribution is 2.24. The van der Waals surface area contributed by atoms with Crippen molar-refractivity contribution in [3.63, 3.8) is 0 Å². The number of amides is 1. The molecule has 0 bridgehead atoms. The van der Waals surface area contributed by atoms with Gasteiger partial charge in [0.15, 0.2) is 5.82 Å². The first-order valence-electron chi connectivity index (χ1n) is 7.57. The average Bonchev–Trinajstić information content (AvgIpc) is 2.95. The number of rotatable bonds is 6. The Morgan fingerprint density at radius 3 is 2.83 bits per heavy atom. The summed E-state index contributed by atoms with van der Waals surface area (Å²) in [7, 11) is 1.65. The summed E-state index contributed by atoms with van der Waals surface area (Å²) in [6, 6.07) is 7.93. The lowest BCUT2D eigenvalue weighted by molar-refractivity contribution is -0.120. The van der Waals surface area contributed by atoms with Crippen LogP contribution in [0.2, 0.25) is 0 Å². The molecule has 1 aromatic carbocycles. The highest BCUT2D eigenvalue weighted by atomic mass is 16.5. The van der Waals surface area contributed by atoms with Crippen molar-refractivity contribution in [1.82, 2.24) is 15.5 Å². The van der Waals surface area contributed by atoms with E-state index in [0.29, 0.717) is 18.1 Å². The molecule has 0 aliphatic rings. The first-order chi connectivity index (χ1) is 10.8. The zero-order chi connectivity index (χ0) is 17.0. The van der Waals surface area contributed by atoms with Gasteiger partial charge in [-0.3, -0.25) is 4.79 Å². The summed E-state index contributed by atoms with van der Waals surface area (Å²) in [5, 5.41) is 6.80. The molecule has 1 atom stereocenters. The molecule has 1 heterocycles. The Kier molecular flexibility index (Phi) is 5.03. The molecule has 0 aliphatic carbocycles. The molecular formula is C17H23N3O3. The van der Waals surface area contributed by atoms with Crippen LogP contribution in [0.3, 0.4) is 0 Å². The van der Waals surface area contributed by atoms with Crippen molar-refractivity contribution in [3.8, 4) is 5.75 Å². The predicted molar refractivity (Wildman–Crippen MR) is 86.3 cm³/mol. The highest BCUT2D eigenvalue weighted by Gasteiger charge is 2.27. The Bertz CT molecular complexity index is 679. The summed E-state index contributed by atoms with van der Waals surface area (Å²) in [5.41, 5.74) is 0.484. The minimum absolute atomic E-state index is 0.133. The SMILES string of the molecule is COc1cccc([C@H](C)Cc2nc(C(C)(C)NC(C)=O)no2)c1. The molecule has 0 fully saturated rings. The minimum Gasteiger partial charge on any atom is -0.497 e. The van der Waals surface area contributed by atoms with E-state index in [9.17, 15) is 4.79 Å². The molecule has 2 aromatic rings. The lowest BCUT2D eigenvalue weighted by Crippen LogP contribution is -2.40. The molecule has 0 radical (unpaired) electrons. The number of ether oxygens (including phenoxy) is 1. The van der Waals surface area contributed by atoms with Crippen LogP contribution in [-0.2, 0) is 16.8 Å². The standard InChI is InChI=1S/C17H23N3O3/c1-11(13-7-6-8-14(10-13)22-5)9-15-18-16(20-23-15)17(3,4)19-12(2)21/h6-8,10-11H,9H2,1-5H3,(H,19,21)/t11-/m1/s1. The highest BCUT2D eigenvalue weighted by molar-refractivity contribution is 5.73. The number of hydrogen-bond acceptors (Lipinski definition) is 5. The van der Waals surface area contributed by atoms with Crippen molar-refractivity contribution in [3.05, 3.63) is 41.5 Å². The van der Waals surface area contributed by atoms with E-state index in [1.165, 1.54) is 6.92 Å². The molecule has 1 aromatic heterocycles. The van der Waals surface area contributed by atoms with Crippen LogP contribution in [0.5, 0.6) is 5.75 Å². The summed E-state index contributed by atoms with van der Waals surface area (Å²) in [4.78, 5) is 15.7. The van der Waals surface area contributed by atoms with Gasteiger partial charge in [-0.15, -0.1) is 0 Å². The second-order valence-electron chi connectivity index (χ2n) is 6.20.